The average molecular weight is 356 g/mol. The zero-order chi connectivity index (χ0) is 18.3. The molecule has 7 nitrogen and oxygen atoms in total. The van der Waals surface area contributed by atoms with E-state index >= 15 is 0 Å². The third-order valence-electron chi connectivity index (χ3n) is 5.89. The van der Waals surface area contributed by atoms with Crippen molar-refractivity contribution in [2.75, 3.05) is 29.9 Å². The summed E-state index contributed by atoms with van der Waals surface area (Å²) in [5, 5.41) is 5.80. The van der Waals surface area contributed by atoms with E-state index in [1.54, 1.807) is 4.90 Å². The Bertz CT molecular complexity index is 757. The summed E-state index contributed by atoms with van der Waals surface area (Å²) in [5.74, 6) is -0.265. The molecule has 1 aromatic rings. The van der Waals surface area contributed by atoms with Crippen molar-refractivity contribution in [3.63, 3.8) is 0 Å². The molecule has 1 saturated carbocycles. The van der Waals surface area contributed by atoms with Crippen molar-refractivity contribution in [1.29, 1.82) is 0 Å². The van der Waals surface area contributed by atoms with E-state index in [-0.39, 0.29) is 30.3 Å². The third kappa shape index (κ3) is 2.58. The number of hydrogen-bond donors (Lipinski definition) is 2. The molecule has 2 N–H and O–H groups in total. The van der Waals surface area contributed by atoms with Crippen LogP contribution in [0.2, 0.25) is 0 Å². The number of para-hydroxylation sites is 2. The summed E-state index contributed by atoms with van der Waals surface area (Å²) in [5.41, 5.74) is 0.633. The monoisotopic (exact) mass is 356 g/mol. The van der Waals surface area contributed by atoms with Gasteiger partial charge in [0.05, 0.1) is 24.0 Å². The zero-order valence-electron chi connectivity index (χ0n) is 15.0. The number of amides is 3. The maximum Gasteiger partial charge on any atom is 0.250 e. The van der Waals surface area contributed by atoms with Crippen LogP contribution >= 0.6 is 0 Å². The molecule has 1 aromatic carbocycles. The highest BCUT2D eigenvalue weighted by atomic mass is 16.2. The summed E-state index contributed by atoms with van der Waals surface area (Å²) in [7, 11) is 0. The second-order valence-corrected chi connectivity index (χ2v) is 7.38. The van der Waals surface area contributed by atoms with E-state index in [0.29, 0.717) is 31.6 Å². The van der Waals surface area contributed by atoms with E-state index in [1.165, 1.54) is 0 Å². The predicted molar refractivity (Wildman–Crippen MR) is 97.8 cm³/mol. The molecule has 26 heavy (non-hydrogen) atoms. The van der Waals surface area contributed by atoms with E-state index < -0.39 is 5.54 Å². The molecular weight excluding hydrogens is 332 g/mol. The Morgan fingerprint density at radius 2 is 1.96 bits per heavy atom. The lowest BCUT2D eigenvalue weighted by molar-refractivity contribution is -0.132. The van der Waals surface area contributed by atoms with Gasteiger partial charge in [0.2, 0.25) is 11.8 Å². The Morgan fingerprint density at radius 3 is 2.73 bits per heavy atom. The normalized spacial score (nSPS) is 25.0. The van der Waals surface area contributed by atoms with Gasteiger partial charge in [0, 0.05) is 13.1 Å². The lowest BCUT2D eigenvalue weighted by atomic mass is 9.89. The van der Waals surface area contributed by atoms with Crippen molar-refractivity contribution in [2.45, 2.75) is 44.2 Å². The highest BCUT2D eigenvalue weighted by molar-refractivity contribution is 6.15. The van der Waals surface area contributed by atoms with Crippen LogP contribution in [0.3, 0.4) is 0 Å². The molecule has 1 aliphatic carbocycles. The van der Waals surface area contributed by atoms with Gasteiger partial charge in [0.1, 0.15) is 5.54 Å². The molecule has 138 valence electrons. The minimum absolute atomic E-state index is 0.0589. The molecule has 0 unspecified atom stereocenters. The van der Waals surface area contributed by atoms with Gasteiger partial charge in [-0.05, 0) is 31.9 Å². The number of fused-ring (bicyclic) bond motifs is 1. The number of nitrogens with zero attached hydrogens (tertiary/aromatic N) is 2. The second kappa shape index (κ2) is 6.39. The van der Waals surface area contributed by atoms with Crippen molar-refractivity contribution in [3.8, 4) is 0 Å². The fourth-order valence-corrected chi connectivity index (χ4v) is 4.42. The van der Waals surface area contributed by atoms with Gasteiger partial charge >= 0.3 is 0 Å². The molecule has 2 aliphatic heterocycles. The maximum atomic E-state index is 13.4. The van der Waals surface area contributed by atoms with E-state index in [1.807, 2.05) is 36.1 Å². The molecule has 1 saturated heterocycles. The van der Waals surface area contributed by atoms with Crippen molar-refractivity contribution in [1.82, 2.24) is 10.2 Å². The number of piperazine rings is 1. The molecule has 4 rings (SSSR count). The Labute approximate surface area is 152 Å². The topological polar surface area (TPSA) is 81.8 Å². The molecule has 1 atom stereocenters. The molecule has 3 aliphatic rings. The summed E-state index contributed by atoms with van der Waals surface area (Å²) >= 11 is 0. The van der Waals surface area contributed by atoms with Gasteiger partial charge in [0.25, 0.3) is 5.91 Å². The van der Waals surface area contributed by atoms with Crippen molar-refractivity contribution in [2.24, 2.45) is 0 Å². The van der Waals surface area contributed by atoms with Crippen LogP contribution in [0.15, 0.2) is 24.3 Å². The Balaban J connectivity index is 1.68. The van der Waals surface area contributed by atoms with Gasteiger partial charge in [-0.3, -0.25) is 24.2 Å². The molecule has 2 fully saturated rings. The maximum absolute atomic E-state index is 13.4. The van der Waals surface area contributed by atoms with Crippen LogP contribution in [0, 0.1) is 0 Å². The van der Waals surface area contributed by atoms with Gasteiger partial charge in [-0.2, -0.15) is 0 Å². The van der Waals surface area contributed by atoms with Gasteiger partial charge < -0.3 is 10.6 Å². The van der Waals surface area contributed by atoms with Crippen LogP contribution in [0.25, 0.3) is 0 Å². The van der Waals surface area contributed by atoms with Gasteiger partial charge in [0.15, 0.2) is 0 Å². The van der Waals surface area contributed by atoms with E-state index in [4.69, 9.17) is 0 Å². The van der Waals surface area contributed by atoms with Gasteiger partial charge in [-0.1, -0.05) is 25.0 Å². The second-order valence-electron chi connectivity index (χ2n) is 7.38. The molecule has 1 spiro atoms. The highest BCUT2D eigenvalue weighted by Gasteiger charge is 2.52. The zero-order valence-corrected chi connectivity index (χ0v) is 15.0. The van der Waals surface area contributed by atoms with Crippen LogP contribution in [-0.2, 0) is 14.4 Å². The molecule has 3 amide bonds. The summed E-state index contributed by atoms with van der Waals surface area (Å²) in [6, 6.07) is 7.11. The van der Waals surface area contributed by atoms with Crippen LogP contribution in [-0.4, -0.2) is 53.8 Å². The summed E-state index contributed by atoms with van der Waals surface area (Å²) < 4.78 is 0. The predicted octanol–water partition coefficient (Wildman–Crippen LogP) is 1.10. The van der Waals surface area contributed by atoms with Crippen molar-refractivity contribution < 1.29 is 14.4 Å². The Morgan fingerprint density at radius 1 is 1.23 bits per heavy atom. The average Bonchev–Trinajstić information content (AvgIpc) is 3.10. The number of carbonyl (C=O) groups excluding carboxylic acids is 3. The lowest BCUT2D eigenvalue weighted by Crippen LogP contribution is -2.63. The van der Waals surface area contributed by atoms with Crippen molar-refractivity contribution >= 4 is 29.1 Å². The van der Waals surface area contributed by atoms with Crippen LogP contribution in [0.5, 0.6) is 0 Å². The lowest BCUT2D eigenvalue weighted by Gasteiger charge is -2.45. The number of nitrogens with one attached hydrogen (secondary N) is 2. The van der Waals surface area contributed by atoms with E-state index in [0.717, 1.165) is 18.5 Å². The fraction of sp³-hybridized carbons (Fsp3) is 0.526. The standard InChI is InChI=1S/C19H24N4O3/c1-13-17(25)20-10-11-22(13)12-16(24)23-15-7-3-2-6-14(15)21-18(26)19(23)8-4-5-9-19/h2-3,6-7,13H,4-5,8-12H2,1H3,(H,20,25)(H,21,26)/t13-/m0/s1. The summed E-state index contributed by atoms with van der Waals surface area (Å²) in [4.78, 5) is 41.8. The molecule has 0 bridgehead atoms. The number of benzene rings is 1. The first-order chi connectivity index (χ1) is 12.5. The van der Waals surface area contributed by atoms with E-state index in [9.17, 15) is 14.4 Å². The molecule has 0 aromatic heterocycles. The highest BCUT2D eigenvalue weighted by Crippen LogP contribution is 2.45. The first kappa shape index (κ1) is 17.0. The Kier molecular flexibility index (Phi) is 4.19. The number of rotatable bonds is 2. The number of carbonyl (C=O) groups is 3. The van der Waals surface area contributed by atoms with Gasteiger partial charge in [-0.15, -0.1) is 0 Å². The van der Waals surface area contributed by atoms with Crippen LogP contribution < -0.4 is 15.5 Å². The first-order valence-electron chi connectivity index (χ1n) is 9.28. The first-order valence-corrected chi connectivity index (χ1v) is 9.28. The van der Waals surface area contributed by atoms with Crippen molar-refractivity contribution in [3.05, 3.63) is 24.3 Å². The van der Waals surface area contributed by atoms with E-state index in [2.05, 4.69) is 10.6 Å². The smallest absolute Gasteiger partial charge is 0.250 e. The molecule has 0 radical (unpaired) electrons. The summed E-state index contributed by atoms with van der Waals surface area (Å²) in [6.45, 7) is 3.12. The molecule has 2 heterocycles. The van der Waals surface area contributed by atoms with Crippen LogP contribution in [0.1, 0.15) is 32.6 Å². The Hall–Kier alpha value is -2.41. The third-order valence-corrected chi connectivity index (χ3v) is 5.89. The largest absolute Gasteiger partial charge is 0.353 e. The molecule has 7 heteroatoms. The SMILES string of the molecule is C[C@H]1C(=O)NCCN1CC(=O)N1c2ccccc2NC(=O)C12CCCC2. The minimum atomic E-state index is -0.799. The summed E-state index contributed by atoms with van der Waals surface area (Å²) in [6.07, 6.45) is 3.22. The number of anilines is 2. The van der Waals surface area contributed by atoms with Gasteiger partial charge in [-0.25, -0.2) is 0 Å². The fourth-order valence-electron chi connectivity index (χ4n) is 4.42. The minimum Gasteiger partial charge on any atom is -0.353 e. The number of hydrogen-bond acceptors (Lipinski definition) is 4. The quantitative estimate of drug-likeness (QED) is 0.832. The van der Waals surface area contributed by atoms with Crippen LogP contribution in [0.4, 0.5) is 11.4 Å². The molecular formula is C19H24N4O3.